The number of aryl methyl sites for hydroxylation is 1. The molecule has 0 fully saturated rings. The maximum absolute atomic E-state index is 14.2. The van der Waals surface area contributed by atoms with E-state index in [-0.39, 0.29) is 30.5 Å². The van der Waals surface area contributed by atoms with E-state index in [2.05, 4.69) is 54.4 Å². The molecule has 2 aromatic carbocycles. The van der Waals surface area contributed by atoms with Crippen molar-refractivity contribution in [2.75, 3.05) is 17.7 Å². The quantitative estimate of drug-likeness (QED) is 0.131. The van der Waals surface area contributed by atoms with Crippen molar-refractivity contribution in [2.24, 2.45) is 0 Å². The summed E-state index contributed by atoms with van der Waals surface area (Å²) in [6, 6.07) is 20.3. The third kappa shape index (κ3) is 7.47. The lowest BCUT2D eigenvalue weighted by Gasteiger charge is -2.23. The third-order valence-corrected chi connectivity index (χ3v) is 8.07. The van der Waals surface area contributed by atoms with E-state index < -0.39 is 11.6 Å². The molecular weight excluding hydrogens is 604 g/mol. The number of amides is 2. The van der Waals surface area contributed by atoms with Gasteiger partial charge >= 0.3 is 6.03 Å². The summed E-state index contributed by atoms with van der Waals surface area (Å²) < 4.78 is 13.2. The molecule has 5 aromatic rings. The highest BCUT2D eigenvalue weighted by Crippen LogP contribution is 2.38. The molecule has 2 N–H and O–H groups in total. The lowest BCUT2D eigenvalue weighted by Crippen LogP contribution is -2.30. The molecule has 0 aliphatic heterocycles. The average molecular weight is 645 g/mol. The molecule has 0 spiro atoms. The van der Waals surface area contributed by atoms with E-state index in [1.165, 1.54) is 4.57 Å². The normalized spacial score (nSPS) is 11.0. The summed E-state index contributed by atoms with van der Waals surface area (Å²) in [4.78, 5) is 37.0. The molecule has 5 rings (SSSR count). The molecule has 0 bridgehead atoms. The number of methoxy groups -OCH3 is 1. The SMILES string of the molecule is COc1cccc(-c2c(NC(=O)Nc3c(C(C)C)cc(OCc4cccnc4)cc3C(C)C)c(=O)n(CCCC#N)c3ncccc23)c1. The topological polar surface area (TPSA) is 131 Å². The smallest absolute Gasteiger partial charge is 0.323 e. The van der Waals surface area contributed by atoms with Gasteiger partial charge in [0.1, 0.15) is 29.4 Å². The van der Waals surface area contributed by atoms with Crippen LogP contribution in [0.3, 0.4) is 0 Å². The van der Waals surface area contributed by atoms with Gasteiger partial charge in [-0.25, -0.2) is 9.78 Å². The Morgan fingerprint density at radius 2 is 1.67 bits per heavy atom. The van der Waals surface area contributed by atoms with Crippen molar-refractivity contribution in [1.29, 1.82) is 5.26 Å². The summed E-state index contributed by atoms with van der Waals surface area (Å²) in [5.74, 6) is 1.40. The lowest BCUT2D eigenvalue weighted by atomic mass is 9.92. The van der Waals surface area contributed by atoms with Gasteiger partial charge in [-0.1, -0.05) is 45.9 Å². The van der Waals surface area contributed by atoms with Gasteiger partial charge in [-0.15, -0.1) is 0 Å². The van der Waals surface area contributed by atoms with Crippen molar-refractivity contribution in [1.82, 2.24) is 14.5 Å². The van der Waals surface area contributed by atoms with Gasteiger partial charge < -0.3 is 20.1 Å². The summed E-state index contributed by atoms with van der Waals surface area (Å²) in [5.41, 5.74) is 4.80. The predicted molar refractivity (Wildman–Crippen MR) is 189 cm³/mol. The van der Waals surface area contributed by atoms with E-state index in [1.807, 2.05) is 54.6 Å². The number of hydrogen-bond acceptors (Lipinski definition) is 7. The van der Waals surface area contributed by atoms with Crippen LogP contribution in [-0.4, -0.2) is 27.7 Å². The first-order valence-corrected chi connectivity index (χ1v) is 16.0. The Morgan fingerprint density at radius 3 is 2.33 bits per heavy atom. The molecule has 0 radical (unpaired) electrons. The highest BCUT2D eigenvalue weighted by Gasteiger charge is 2.23. The van der Waals surface area contributed by atoms with E-state index >= 15 is 0 Å². The Labute approximate surface area is 280 Å². The number of rotatable bonds is 12. The number of pyridine rings is 3. The second kappa shape index (κ2) is 15.3. The second-order valence-electron chi connectivity index (χ2n) is 12.1. The highest BCUT2D eigenvalue weighted by atomic mass is 16.5. The Hall–Kier alpha value is -5.69. The summed E-state index contributed by atoms with van der Waals surface area (Å²) in [7, 11) is 1.58. The number of benzene rings is 2. The second-order valence-corrected chi connectivity index (χ2v) is 12.1. The highest BCUT2D eigenvalue weighted by molar-refractivity contribution is 6.08. The van der Waals surface area contributed by atoms with E-state index in [9.17, 15) is 9.59 Å². The van der Waals surface area contributed by atoms with Gasteiger partial charge in [0.05, 0.1) is 13.2 Å². The van der Waals surface area contributed by atoms with Gasteiger partial charge in [0.2, 0.25) is 0 Å². The van der Waals surface area contributed by atoms with Crippen LogP contribution in [0.5, 0.6) is 11.5 Å². The number of ether oxygens (including phenoxy) is 2. The first-order valence-electron chi connectivity index (χ1n) is 16.0. The molecule has 246 valence electrons. The number of urea groups is 1. The van der Waals surface area contributed by atoms with Gasteiger partial charge in [0, 0.05) is 53.8 Å². The zero-order valence-corrected chi connectivity index (χ0v) is 27.9. The molecule has 2 amide bonds. The van der Waals surface area contributed by atoms with Crippen LogP contribution >= 0.6 is 0 Å². The lowest BCUT2D eigenvalue weighted by molar-refractivity contribution is 0.262. The summed E-state index contributed by atoms with van der Waals surface area (Å²) in [5, 5.41) is 15.9. The number of hydrogen-bond donors (Lipinski definition) is 2. The van der Waals surface area contributed by atoms with Crippen LogP contribution in [0, 0.1) is 11.3 Å². The van der Waals surface area contributed by atoms with Crippen LogP contribution in [-0.2, 0) is 13.2 Å². The van der Waals surface area contributed by atoms with Crippen LogP contribution in [0.25, 0.3) is 22.2 Å². The summed E-state index contributed by atoms with van der Waals surface area (Å²) >= 11 is 0. The molecule has 3 heterocycles. The number of nitrogens with zero attached hydrogens (tertiary/aromatic N) is 4. The Kier molecular flexibility index (Phi) is 10.7. The fourth-order valence-electron chi connectivity index (χ4n) is 5.70. The first-order chi connectivity index (χ1) is 23.2. The largest absolute Gasteiger partial charge is 0.497 e. The number of fused-ring (bicyclic) bond motifs is 1. The van der Waals surface area contributed by atoms with E-state index in [1.54, 1.807) is 31.8 Å². The molecule has 3 aromatic heterocycles. The molecular formula is C38H40N6O4. The number of carbonyl (C=O) groups is 1. The van der Waals surface area contributed by atoms with Crippen molar-refractivity contribution < 1.29 is 14.3 Å². The average Bonchev–Trinajstić information content (AvgIpc) is 3.09. The molecule has 10 heteroatoms. The van der Waals surface area contributed by atoms with Crippen molar-refractivity contribution >= 4 is 28.4 Å². The zero-order chi connectivity index (χ0) is 34.2. The van der Waals surface area contributed by atoms with Crippen LogP contribution in [0.1, 0.15) is 69.1 Å². The minimum absolute atomic E-state index is 0.0520. The summed E-state index contributed by atoms with van der Waals surface area (Å²) in [6.45, 7) is 8.87. The zero-order valence-electron chi connectivity index (χ0n) is 27.9. The van der Waals surface area contributed by atoms with Crippen LogP contribution in [0.2, 0.25) is 0 Å². The van der Waals surface area contributed by atoms with E-state index in [0.29, 0.717) is 52.4 Å². The Bertz CT molecular complexity index is 1990. The molecule has 0 saturated carbocycles. The van der Waals surface area contributed by atoms with Crippen molar-refractivity contribution in [2.45, 2.75) is 65.5 Å². The van der Waals surface area contributed by atoms with Crippen molar-refractivity contribution in [3.05, 3.63) is 106 Å². The van der Waals surface area contributed by atoms with E-state index in [4.69, 9.17) is 14.7 Å². The minimum Gasteiger partial charge on any atom is -0.497 e. The van der Waals surface area contributed by atoms with Crippen LogP contribution in [0.15, 0.2) is 84.0 Å². The maximum Gasteiger partial charge on any atom is 0.323 e. The standard InChI is InChI=1S/C38H40N6O4/c1-24(2)31-20-29(48-23-26-11-9-16-40-22-26)21-32(25(3)4)34(31)42-38(46)43-35-33(27-12-8-13-28(19-27)47-5)30-14-10-17-41-36(30)44(37(35)45)18-7-6-15-39/h8-14,16-17,19-22,24-25H,6-7,18,23H2,1-5H3,(H2,42,43,46). The maximum atomic E-state index is 14.2. The number of nitriles is 1. The van der Waals surface area contributed by atoms with Gasteiger partial charge in [-0.2, -0.15) is 5.26 Å². The fraction of sp³-hybridized carbons (Fsp3) is 0.289. The third-order valence-electron chi connectivity index (χ3n) is 8.07. The molecule has 48 heavy (non-hydrogen) atoms. The molecule has 0 unspecified atom stereocenters. The number of carbonyl (C=O) groups excluding carboxylic acids is 1. The Balaban J connectivity index is 1.58. The van der Waals surface area contributed by atoms with E-state index in [0.717, 1.165) is 16.7 Å². The number of unbranched alkanes of at least 4 members (excludes halogenated alkanes) is 1. The predicted octanol–water partition coefficient (Wildman–Crippen LogP) is 8.24. The number of aromatic nitrogens is 3. The van der Waals surface area contributed by atoms with Gasteiger partial charge in [-0.3, -0.25) is 14.3 Å². The van der Waals surface area contributed by atoms with Gasteiger partial charge in [0.15, 0.2) is 0 Å². The number of anilines is 2. The van der Waals surface area contributed by atoms with Crippen LogP contribution in [0.4, 0.5) is 16.2 Å². The fourth-order valence-corrected chi connectivity index (χ4v) is 5.70. The molecule has 10 nitrogen and oxygen atoms in total. The molecule has 0 aliphatic rings. The molecule has 0 aliphatic carbocycles. The molecule has 0 saturated heterocycles. The van der Waals surface area contributed by atoms with Gasteiger partial charge in [-0.05, 0) is 77.4 Å². The van der Waals surface area contributed by atoms with Gasteiger partial charge in [0.25, 0.3) is 5.56 Å². The van der Waals surface area contributed by atoms with Crippen molar-refractivity contribution in [3.63, 3.8) is 0 Å². The number of nitrogens with one attached hydrogen (secondary N) is 2. The molecule has 0 atom stereocenters. The Morgan fingerprint density at radius 1 is 0.938 bits per heavy atom. The van der Waals surface area contributed by atoms with Crippen molar-refractivity contribution in [3.8, 4) is 28.7 Å². The monoisotopic (exact) mass is 644 g/mol. The minimum atomic E-state index is -0.559. The van der Waals surface area contributed by atoms with Crippen LogP contribution < -0.4 is 25.7 Å². The first kappa shape index (κ1) is 33.7. The summed E-state index contributed by atoms with van der Waals surface area (Å²) in [6.07, 6.45) is 5.85.